The maximum Gasteiger partial charge on any atom is 0.335 e. The second-order valence-electron chi connectivity index (χ2n) is 8.89. The highest BCUT2D eigenvalue weighted by Gasteiger charge is 2.37. The van der Waals surface area contributed by atoms with Crippen molar-refractivity contribution in [3.05, 3.63) is 101 Å². The Morgan fingerprint density at radius 1 is 0.946 bits per heavy atom. The largest absolute Gasteiger partial charge is 0.337 e. The van der Waals surface area contributed by atoms with Crippen molar-refractivity contribution in [2.75, 3.05) is 10.2 Å². The van der Waals surface area contributed by atoms with E-state index in [1.54, 1.807) is 42.0 Å². The number of barbiturate groups is 1. The summed E-state index contributed by atoms with van der Waals surface area (Å²) in [6, 6.07) is 21.1. The summed E-state index contributed by atoms with van der Waals surface area (Å²) in [6.45, 7) is 3.77. The van der Waals surface area contributed by atoms with Gasteiger partial charge in [-0.1, -0.05) is 48.5 Å². The van der Waals surface area contributed by atoms with Gasteiger partial charge in [-0.3, -0.25) is 19.7 Å². The quantitative estimate of drug-likeness (QED) is 0.315. The topological polar surface area (TPSA) is 101 Å². The van der Waals surface area contributed by atoms with E-state index in [0.29, 0.717) is 16.9 Å². The summed E-state index contributed by atoms with van der Waals surface area (Å²) in [7, 11) is 0. The van der Waals surface area contributed by atoms with Gasteiger partial charge in [-0.25, -0.2) is 9.69 Å². The fourth-order valence-corrected chi connectivity index (χ4v) is 4.45. The highest BCUT2D eigenvalue weighted by atomic mass is 16.2. The van der Waals surface area contributed by atoms with Gasteiger partial charge in [-0.2, -0.15) is 0 Å². The van der Waals surface area contributed by atoms with Crippen LogP contribution in [0.4, 0.5) is 16.2 Å². The number of rotatable bonds is 5. The molecule has 0 saturated carbocycles. The van der Waals surface area contributed by atoms with E-state index in [4.69, 9.17) is 0 Å². The van der Waals surface area contributed by atoms with Crippen LogP contribution in [0.5, 0.6) is 0 Å². The first-order valence-corrected chi connectivity index (χ1v) is 11.7. The molecule has 2 N–H and O–H groups in total. The summed E-state index contributed by atoms with van der Waals surface area (Å²) in [4.78, 5) is 52.4. The average molecular weight is 493 g/mol. The minimum Gasteiger partial charge on any atom is -0.337 e. The molecule has 2 heterocycles. The Kier molecular flexibility index (Phi) is 6.15. The van der Waals surface area contributed by atoms with Crippen molar-refractivity contribution >= 4 is 52.1 Å². The van der Waals surface area contributed by atoms with Crippen LogP contribution in [0.1, 0.15) is 16.7 Å². The van der Waals surface area contributed by atoms with Crippen molar-refractivity contribution in [2.24, 2.45) is 0 Å². The van der Waals surface area contributed by atoms with E-state index < -0.39 is 17.8 Å². The van der Waals surface area contributed by atoms with Gasteiger partial charge >= 0.3 is 6.03 Å². The van der Waals surface area contributed by atoms with Gasteiger partial charge in [0.2, 0.25) is 5.91 Å². The molecule has 5 amide bonds. The number of imide groups is 2. The van der Waals surface area contributed by atoms with Gasteiger partial charge in [0.15, 0.2) is 0 Å². The number of aryl methyl sites for hydroxylation is 2. The molecule has 0 unspecified atom stereocenters. The summed E-state index contributed by atoms with van der Waals surface area (Å²) in [5, 5.41) is 5.92. The van der Waals surface area contributed by atoms with Gasteiger partial charge in [-0.05, 0) is 55.3 Å². The van der Waals surface area contributed by atoms with E-state index >= 15 is 0 Å². The smallest absolute Gasteiger partial charge is 0.335 e. The first-order valence-electron chi connectivity index (χ1n) is 11.7. The first kappa shape index (κ1) is 23.7. The fourth-order valence-electron chi connectivity index (χ4n) is 4.45. The number of hydrogen-bond acceptors (Lipinski definition) is 4. The number of fused-ring (bicyclic) bond motifs is 1. The monoisotopic (exact) mass is 492 g/mol. The molecule has 0 bridgehead atoms. The number of amides is 5. The van der Waals surface area contributed by atoms with Gasteiger partial charge in [0, 0.05) is 28.4 Å². The molecule has 0 radical (unpaired) electrons. The zero-order chi connectivity index (χ0) is 26.1. The fraction of sp³-hybridized carbons (Fsp3) is 0.103. The number of carbonyl (C=O) groups is 4. The van der Waals surface area contributed by atoms with Crippen molar-refractivity contribution < 1.29 is 19.2 Å². The average Bonchev–Trinajstić information content (AvgIpc) is 3.20. The minimum atomic E-state index is -0.795. The van der Waals surface area contributed by atoms with Crippen molar-refractivity contribution in [3.8, 4) is 0 Å². The maximum absolute atomic E-state index is 13.4. The summed E-state index contributed by atoms with van der Waals surface area (Å²) >= 11 is 0. The molecule has 1 aliphatic rings. The van der Waals surface area contributed by atoms with Crippen molar-refractivity contribution in [1.29, 1.82) is 0 Å². The lowest BCUT2D eigenvalue weighted by atomic mass is 10.1. The molecule has 1 saturated heterocycles. The lowest BCUT2D eigenvalue weighted by molar-refractivity contribution is -0.122. The summed E-state index contributed by atoms with van der Waals surface area (Å²) in [5.74, 6) is -1.70. The number of urea groups is 1. The predicted octanol–water partition coefficient (Wildman–Crippen LogP) is 4.56. The van der Waals surface area contributed by atoms with Crippen molar-refractivity contribution in [2.45, 2.75) is 20.4 Å². The number of para-hydroxylation sites is 2. The molecule has 8 nitrogen and oxygen atoms in total. The predicted molar refractivity (Wildman–Crippen MR) is 142 cm³/mol. The van der Waals surface area contributed by atoms with E-state index in [0.717, 1.165) is 26.9 Å². The number of anilines is 2. The molecule has 0 atom stereocenters. The van der Waals surface area contributed by atoms with E-state index in [1.165, 1.54) is 6.08 Å². The molecule has 3 aromatic carbocycles. The lowest BCUT2D eigenvalue weighted by Crippen LogP contribution is -2.54. The van der Waals surface area contributed by atoms with Crippen molar-refractivity contribution in [3.63, 3.8) is 0 Å². The minimum absolute atomic E-state index is 0.0333. The van der Waals surface area contributed by atoms with Crippen LogP contribution >= 0.6 is 0 Å². The van der Waals surface area contributed by atoms with Gasteiger partial charge in [0.05, 0.1) is 5.69 Å². The van der Waals surface area contributed by atoms with Crippen LogP contribution in [0.15, 0.2) is 84.6 Å². The number of hydrogen-bond donors (Lipinski definition) is 2. The third-order valence-corrected chi connectivity index (χ3v) is 6.19. The normalized spacial score (nSPS) is 14.8. The van der Waals surface area contributed by atoms with Crippen LogP contribution in [0.3, 0.4) is 0 Å². The van der Waals surface area contributed by atoms with E-state index in [-0.39, 0.29) is 18.0 Å². The third kappa shape index (κ3) is 4.64. The number of nitrogens with zero attached hydrogens (tertiary/aromatic N) is 2. The van der Waals surface area contributed by atoms with Crippen LogP contribution in [0.2, 0.25) is 0 Å². The third-order valence-electron chi connectivity index (χ3n) is 6.19. The molecule has 4 aromatic rings. The van der Waals surface area contributed by atoms with E-state index in [2.05, 4.69) is 10.6 Å². The Hall–Kier alpha value is -4.98. The Morgan fingerprint density at radius 3 is 2.49 bits per heavy atom. The second-order valence-corrected chi connectivity index (χ2v) is 8.89. The summed E-state index contributed by atoms with van der Waals surface area (Å²) < 4.78 is 1.77. The van der Waals surface area contributed by atoms with Gasteiger partial charge in [0.1, 0.15) is 12.1 Å². The van der Waals surface area contributed by atoms with Crippen LogP contribution in [-0.4, -0.2) is 28.3 Å². The summed E-state index contributed by atoms with van der Waals surface area (Å²) in [5.41, 5.74) is 4.03. The molecule has 5 rings (SSSR count). The Balaban J connectivity index is 1.49. The number of aromatic nitrogens is 1. The number of carbonyl (C=O) groups excluding carboxylic acids is 4. The molecular formula is C29H24N4O4. The van der Waals surface area contributed by atoms with Crippen LogP contribution in [-0.2, 0) is 20.9 Å². The molecule has 37 heavy (non-hydrogen) atoms. The molecule has 0 spiro atoms. The number of benzene rings is 3. The Bertz CT molecular complexity index is 1620. The molecule has 0 aliphatic carbocycles. The Labute approximate surface area is 213 Å². The van der Waals surface area contributed by atoms with Gasteiger partial charge in [-0.15, -0.1) is 0 Å². The lowest BCUT2D eigenvalue weighted by Gasteiger charge is -2.27. The van der Waals surface area contributed by atoms with Crippen molar-refractivity contribution in [1.82, 2.24) is 9.88 Å². The van der Waals surface area contributed by atoms with Gasteiger partial charge in [0.25, 0.3) is 11.8 Å². The van der Waals surface area contributed by atoms with Crippen LogP contribution in [0.25, 0.3) is 17.0 Å². The first-order chi connectivity index (χ1) is 17.8. The molecule has 1 aromatic heterocycles. The van der Waals surface area contributed by atoms with Crippen LogP contribution in [0, 0.1) is 13.8 Å². The zero-order valence-electron chi connectivity index (χ0n) is 20.3. The molecule has 1 fully saturated rings. The standard InChI is InChI=1S/C29H24N4O4/c1-18-8-7-10-21(14-18)30-26(34)17-32-16-20(22-11-4-6-13-25(22)32)15-23-27(35)31-29(37)33(28(23)36)24-12-5-3-9-19(24)2/h3-16H,17H2,1-2H3,(H,30,34)(H,31,35,37)/b23-15+. The Morgan fingerprint density at radius 2 is 1.70 bits per heavy atom. The van der Waals surface area contributed by atoms with Gasteiger partial charge < -0.3 is 9.88 Å². The maximum atomic E-state index is 13.4. The highest BCUT2D eigenvalue weighted by Crippen LogP contribution is 2.28. The number of nitrogens with one attached hydrogen (secondary N) is 2. The SMILES string of the molecule is Cc1cccc(NC(=O)Cn2cc(/C=C3\C(=O)NC(=O)N(c4ccccc4C)C3=O)c3ccccc32)c1. The highest BCUT2D eigenvalue weighted by molar-refractivity contribution is 6.39. The zero-order valence-corrected chi connectivity index (χ0v) is 20.3. The van der Waals surface area contributed by atoms with E-state index in [9.17, 15) is 19.2 Å². The van der Waals surface area contributed by atoms with Crippen LogP contribution < -0.4 is 15.5 Å². The molecule has 184 valence electrons. The molecular weight excluding hydrogens is 468 g/mol. The van der Waals surface area contributed by atoms with E-state index in [1.807, 2.05) is 55.5 Å². The molecule has 8 heteroatoms. The molecule has 1 aliphatic heterocycles. The summed E-state index contributed by atoms with van der Waals surface area (Å²) in [6.07, 6.45) is 3.19. The second kappa shape index (κ2) is 9.58.